The SMILES string of the molecule is CCc1ccc(Cn2cccc(C(=O)Nc3nccs3)c2=O)cc1. The Morgan fingerprint density at radius 2 is 1.96 bits per heavy atom. The highest BCUT2D eigenvalue weighted by molar-refractivity contribution is 7.13. The van der Waals surface area contributed by atoms with E-state index >= 15 is 0 Å². The summed E-state index contributed by atoms with van der Waals surface area (Å²) in [6.45, 7) is 2.53. The number of amides is 1. The number of anilines is 1. The number of benzene rings is 1. The molecule has 3 aromatic rings. The quantitative estimate of drug-likeness (QED) is 0.776. The van der Waals surface area contributed by atoms with Gasteiger partial charge in [-0.3, -0.25) is 14.9 Å². The van der Waals surface area contributed by atoms with Gasteiger partial charge in [-0.25, -0.2) is 4.98 Å². The van der Waals surface area contributed by atoms with E-state index < -0.39 is 5.91 Å². The average molecular weight is 339 g/mol. The Kier molecular flexibility index (Phi) is 4.86. The van der Waals surface area contributed by atoms with Crippen LogP contribution in [0.1, 0.15) is 28.4 Å². The van der Waals surface area contributed by atoms with Crippen molar-refractivity contribution in [3.63, 3.8) is 0 Å². The fraction of sp³-hybridized carbons (Fsp3) is 0.167. The summed E-state index contributed by atoms with van der Waals surface area (Å²) in [4.78, 5) is 28.8. The Bertz CT molecular complexity index is 883. The van der Waals surface area contributed by atoms with E-state index in [0.29, 0.717) is 11.7 Å². The number of carbonyl (C=O) groups is 1. The molecule has 1 aromatic carbocycles. The monoisotopic (exact) mass is 339 g/mol. The van der Waals surface area contributed by atoms with E-state index in [0.717, 1.165) is 12.0 Å². The van der Waals surface area contributed by atoms with Gasteiger partial charge in [0.1, 0.15) is 5.56 Å². The summed E-state index contributed by atoms with van der Waals surface area (Å²) in [5.74, 6) is -0.439. The van der Waals surface area contributed by atoms with Gasteiger partial charge in [0, 0.05) is 17.8 Å². The highest BCUT2D eigenvalue weighted by Gasteiger charge is 2.13. The minimum absolute atomic E-state index is 0.109. The number of thiazole rings is 1. The molecule has 122 valence electrons. The lowest BCUT2D eigenvalue weighted by molar-refractivity contribution is 0.102. The van der Waals surface area contributed by atoms with E-state index in [2.05, 4.69) is 29.4 Å². The molecule has 6 heteroatoms. The zero-order valence-corrected chi connectivity index (χ0v) is 14.0. The number of nitrogens with zero attached hydrogens (tertiary/aromatic N) is 2. The molecule has 0 fully saturated rings. The van der Waals surface area contributed by atoms with E-state index in [1.54, 1.807) is 23.8 Å². The van der Waals surface area contributed by atoms with Gasteiger partial charge >= 0.3 is 0 Å². The van der Waals surface area contributed by atoms with Crippen LogP contribution in [0.4, 0.5) is 5.13 Å². The summed E-state index contributed by atoms with van der Waals surface area (Å²) >= 11 is 1.31. The molecule has 0 saturated carbocycles. The molecule has 0 spiro atoms. The summed E-state index contributed by atoms with van der Waals surface area (Å²) in [6.07, 6.45) is 4.27. The van der Waals surface area contributed by atoms with Crippen molar-refractivity contribution in [1.82, 2.24) is 9.55 Å². The molecule has 24 heavy (non-hydrogen) atoms. The van der Waals surface area contributed by atoms with Crippen molar-refractivity contribution in [2.24, 2.45) is 0 Å². The molecule has 0 saturated heterocycles. The number of hydrogen-bond donors (Lipinski definition) is 1. The largest absolute Gasteiger partial charge is 0.310 e. The van der Waals surface area contributed by atoms with Gasteiger partial charge in [-0.1, -0.05) is 31.2 Å². The molecule has 0 atom stereocenters. The maximum Gasteiger partial charge on any atom is 0.263 e. The van der Waals surface area contributed by atoms with Crippen LogP contribution in [0.2, 0.25) is 0 Å². The second kappa shape index (κ2) is 7.23. The van der Waals surface area contributed by atoms with Gasteiger partial charge in [0.25, 0.3) is 11.5 Å². The van der Waals surface area contributed by atoms with Gasteiger partial charge in [-0.2, -0.15) is 0 Å². The summed E-state index contributed by atoms with van der Waals surface area (Å²) < 4.78 is 1.54. The molecule has 0 aliphatic carbocycles. The third kappa shape index (κ3) is 3.60. The fourth-order valence-corrected chi connectivity index (χ4v) is 2.88. The first-order chi connectivity index (χ1) is 11.7. The lowest BCUT2D eigenvalue weighted by atomic mass is 10.1. The van der Waals surface area contributed by atoms with Crippen LogP contribution < -0.4 is 10.9 Å². The van der Waals surface area contributed by atoms with Crippen LogP contribution in [0.15, 0.2) is 59.0 Å². The van der Waals surface area contributed by atoms with Crippen molar-refractivity contribution >= 4 is 22.4 Å². The maximum absolute atomic E-state index is 12.6. The van der Waals surface area contributed by atoms with Gasteiger partial charge in [0.2, 0.25) is 0 Å². The summed E-state index contributed by atoms with van der Waals surface area (Å²) in [7, 11) is 0. The van der Waals surface area contributed by atoms with Crippen LogP contribution in [-0.2, 0) is 13.0 Å². The predicted octanol–water partition coefficient (Wildman–Crippen LogP) is 3.17. The van der Waals surface area contributed by atoms with Crippen molar-refractivity contribution in [3.05, 3.63) is 81.2 Å². The van der Waals surface area contributed by atoms with Gasteiger partial charge in [0.15, 0.2) is 5.13 Å². The lowest BCUT2D eigenvalue weighted by Gasteiger charge is -2.08. The van der Waals surface area contributed by atoms with Crippen molar-refractivity contribution in [2.45, 2.75) is 19.9 Å². The molecule has 1 amide bonds. The van der Waals surface area contributed by atoms with Crippen molar-refractivity contribution < 1.29 is 4.79 Å². The van der Waals surface area contributed by atoms with E-state index in [9.17, 15) is 9.59 Å². The van der Waals surface area contributed by atoms with Gasteiger partial charge < -0.3 is 4.57 Å². The lowest BCUT2D eigenvalue weighted by Crippen LogP contribution is -2.29. The van der Waals surface area contributed by atoms with Crippen LogP contribution in [0.5, 0.6) is 0 Å². The molecule has 1 N–H and O–H groups in total. The first-order valence-corrected chi connectivity index (χ1v) is 8.53. The van der Waals surface area contributed by atoms with Crippen LogP contribution in [-0.4, -0.2) is 15.5 Å². The molecule has 0 bridgehead atoms. The maximum atomic E-state index is 12.6. The number of aryl methyl sites for hydroxylation is 1. The molecule has 0 aliphatic rings. The molecule has 0 radical (unpaired) electrons. The van der Waals surface area contributed by atoms with E-state index in [4.69, 9.17) is 0 Å². The molecular formula is C18H17N3O2S. The zero-order valence-electron chi connectivity index (χ0n) is 13.2. The van der Waals surface area contributed by atoms with Gasteiger partial charge in [-0.05, 0) is 29.7 Å². The van der Waals surface area contributed by atoms with Crippen molar-refractivity contribution in [3.8, 4) is 0 Å². The van der Waals surface area contributed by atoms with Crippen LogP contribution in [0, 0.1) is 0 Å². The van der Waals surface area contributed by atoms with E-state index in [1.807, 2.05) is 12.1 Å². The molecule has 5 nitrogen and oxygen atoms in total. The number of carbonyl (C=O) groups excluding carboxylic acids is 1. The summed E-state index contributed by atoms with van der Waals surface area (Å²) in [5, 5.41) is 4.88. The Hall–Kier alpha value is -2.73. The fourth-order valence-electron chi connectivity index (χ4n) is 2.36. The molecule has 0 unspecified atom stereocenters. The zero-order chi connectivity index (χ0) is 16.9. The first kappa shape index (κ1) is 16.1. The third-order valence-electron chi connectivity index (χ3n) is 3.70. The van der Waals surface area contributed by atoms with Crippen molar-refractivity contribution in [1.29, 1.82) is 0 Å². The summed E-state index contributed by atoms with van der Waals surface area (Å²) in [6, 6.07) is 11.4. The predicted molar refractivity (Wildman–Crippen MR) is 95.7 cm³/mol. The third-order valence-corrected chi connectivity index (χ3v) is 4.39. The number of nitrogens with one attached hydrogen (secondary N) is 1. The minimum atomic E-state index is -0.439. The Morgan fingerprint density at radius 1 is 1.21 bits per heavy atom. The second-order valence-electron chi connectivity index (χ2n) is 5.32. The highest BCUT2D eigenvalue weighted by atomic mass is 32.1. The number of hydrogen-bond acceptors (Lipinski definition) is 4. The van der Waals surface area contributed by atoms with Gasteiger partial charge in [0.05, 0.1) is 6.54 Å². The van der Waals surface area contributed by atoms with Gasteiger partial charge in [-0.15, -0.1) is 11.3 Å². The second-order valence-corrected chi connectivity index (χ2v) is 6.21. The molecule has 2 heterocycles. The Morgan fingerprint density at radius 3 is 2.62 bits per heavy atom. The number of aromatic nitrogens is 2. The molecule has 0 aliphatic heterocycles. The average Bonchev–Trinajstić information content (AvgIpc) is 3.10. The van der Waals surface area contributed by atoms with E-state index in [1.165, 1.54) is 27.5 Å². The Labute approximate surface area is 143 Å². The number of rotatable bonds is 5. The van der Waals surface area contributed by atoms with Crippen LogP contribution >= 0.6 is 11.3 Å². The van der Waals surface area contributed by atoms with Crippen LogP contribution in [0.3, 0.4) is 0 Å². The summed E-state index contributed by atoms with van der Waals surface area (Å²) in [5.41, 5.74) is 2.07. The normalized spacial score (nSPS) is 10.5. The molecule has 2 aromatic heterocycles. The number of pyridine rings is 1. The van der Waals surface area contributed by atoms with Crippen molar-refractivity contribution in [2.75, 3.05) is 5.32 Å². The smallest absolute Gasteiger partial charge is 0.263 e. The van der Waals surface area contributed by atoms with E-state index in [-0.39, 0.29) is 11.1 Å². The minimum Gasteiger partial charge on any atom is -0.310 e. The topological polar surface area (TPSA) is 64.0 Å². The standard InChI is InChI=1S/C18H17N3O2S/c1-2-13-5-7-14(8-6-13)12-21-10-3-4-15(17(21)23)16(22)20-18-19-9-11-24-18/h3-11H,2,12H2,1H3,(H,19,20,22). The highest BCUT2D eigenvalue weighted by Crippen LogP contribution is 2.11. The first-order valence-electron chi connectivity index (χ1n) is 7.65. The van der Waals surface area contributed by atoms with Crippen LogP contribution in [0.25, 0.3) is 0 Å². The molecule has 3 rings (SSSR count). The Balaban J connectivity index is 1.82. The molecular weight excluding hydrogens is 322 g/mol.